The maximum atomic E-state index is 13.6. The Morgan fingerprint density at radius 3 is 1.45 bits per heavy atom. The number of aliphatic hydroxyl groups excluding tert-OH is 3. The van der Waals surface area contributed by atoms with Crippen LogP contribution in [0.5, 0.6) is 0 Å². The molecule has 0 radical (unpaired) electrons. The van der Waals surface area contributed by atoms with Gasteiger partial charge in [-0.2, -0.15) is 25.3 Å². The van der Waals surface area contributed by atoms with E-state index in [9.17, 15) is 55.0 Å². The number of fused-ring (bicyclic) bond motifs is 3. The number of rotatable bonds is 24. The molecule has 6 aliphatic rings. The number of aromatic nitrogens is 6. The van der Waals surface area contributed by atoms with E-state index in [1.165, 1.54) is 88.3 Å². The molecule has 588 valence electrons. The molecule has 15 rings (SSSR count). The number of carbonyl (C=O) groups excluding carboxylic acids is 3. The van der Waals surface area contributed by atoms with Crippen molar-refractivity contribution in [2.75, 3.05) is 55.5 Å². The highest BCUT2D eigenvalue weighted by Crippen LogP contribution is 2.43. The van der Waals surface area contributed by atoms with Gasteiger partial charge < -0.3 is 46.1 Å². The Morgan fingerprint density at radius 2 is 0.964 bits per heavy atom. The molecule has 111 heavy (non-hydrogen) atoms. The Bertz CT molecular complexity index is 5260. The molecule has 3 aliphatic carbocycles. The van der Waals surface area contributed by atoms with Gasteiger partial charge in [0.15, 0.2) is 0 Å². The van der Waals surface area contributed by atoms with Gasteiger partial charge in [-0.25, -0.2) is 45.3 Å². The maximum absolute atomic E-state index is 13.6. The molecule has 30 nitrogen and oxygen atoms in total. The second kappa shape index (κ2) is 35.4. The second-order valence-corrected chi connectivity index (χ2v) is 35.6. The minimum Gasteiger partial charge on any atom is -0.393 e. The summed E-state index contributed by atoms with van der Waals surface area (Å²) < 4.78 is 93.2. The lowest BCUT2D eigenvalue weighted by Crippen LogP contribution is -2.30. The lowest BCUT2D eigenvalue weighted by molar-refractivity contribution is 0.0697. The molecule has 9 heterocycles. The van der Waals surface area contributed by atoms with Crippen molar-refractivity contribution in [2.45, 2.75) is 119 Å². The molecule has 0 bridgehead atoms. The summed E-state index contributed by atoms with van der Waals surface area (Å²) in [7, 11) is -12.3. The van der Waals surface area contributed by atoms with Crippen LogP contribution in [0.4, 0.5) is 17.5 Å². The summed E-state index contributed by atoms with van der Waals surface area (Å²) in [6.07, 6.45) is 10.5. The van der Waals surface area contributed by atoms with Gasteiger partial charge in [-0.1, -0.05) is 77.8 Å². The summed E-state index contributed by atoms with van der Waals surface area (Å²) >= 11 is 16.8. The lowest BCUT2D eigenvalue weighted by atomic mass is 9.91. The fraction of sp³-hybridized carbons (Fsp3) is 0.384. The molecule has 38 heteroatoms. The van der Waals surface area contributed by atoms with Gasteiger partial charge in [0.05, 0.1) is 93.0 Å². The first kappa shape index (κ1) is 81.4. The number of nitrogens with two attached hydrogens (primary N) is 3. The van der Waals surface area contributed by atoms with Gasteiger partial charge in [-0.05, 0) is 145 Å². The molecule has 0 saturated heterocycles. The molecular formula is C73H79Cl2N13O17S6. The molecule has 6 aromatic heterocycles. The number of ether oxygens (including phenoxy) is 2. The van der Waals surface area contributed by atoms with Crippen molar-refractivity contribution < 1.29 is 77.0 Å². The first-order chi connectivity index (χ1) is 53.1. The Labute approximate surface area is 662 Å². The molecule has 3 aliphatic heterocycles. The minimum absolute atomic E-state index is 0.191. The van der Waals surface area contributed by atoms with Gasteiger partial charge in [-0.15, -0.1) is 34.0 Å². The van der Waals surface area contributed by atoms with Gasteiger partial charge in [0, 0.05) is 76.5 Å². The summed E-state index contributed by atoms with van der Waals surface area (Å²) in [4.78, 5) is 68.0. The smallest absolute Gasteiger partial charge is 0.333 e. The molecule has 0 spiro atoms. The van der Waals surface area contributed by atoms with E-state index in [-0.39, 0.29) is 79.1 Å². The Balaban J connectivity index is 0.000000146. The second-order valence-electron chi connectivity index (χ2n) is 27.7. The van der Waals surface area contributed by atoms with Gasteiger partial charge in [-0.3, -0.25) is 26.9 Å². The summed E-state index contributed by atoms with van der Waals surface area (Å²) in [6.45, 7) is 3.35. The van der Waals surface area contributed by atoms with E-state index in [4.69, 9.17) is 48.1 Å². The number of ketones is 3. The average Bonchev–Trinajstić information content (AvgIpc) is 1.37. The van der Waals surface area contributed by atoms with E-state index >= 15 is 0 Å². The fourth-order valence-electron chi connectivity index (χ4n) is 14.8. The van der Waals surface area contributed by atoms with Crippen molar-refractivity contribution in [3.63, 3.8) is 0 Å². The number of hydrogen-bond acceptors (Lipinski definition) is 30. The zero-order chi connectivity index (χ0) is 78.5. The van der Waals surface area contributed by atoms with Crippen molar-refractivity contribution in [2.24, 2.45) is 33.2 Å². The fourth-order valence-corrected chi connectivity index (χ4v) is 19.3. The van der Waals surface area contributed by atoms with E-state index in [1.807, 2.05) is 66.9 Å². The first-order valence-corrected chi connectivity index (χ1v) is 43.0. The third-order valence-corrected chi connectivity index (χ3v) is 25.2. The van der Waals surface area contributed by atoms with Crippen LogP contribution in [-0.4, -0.2) is 164 Å². The highest BCUT2D eigenvalue weighted by atomic mass is 35.5. The van der Waals surface area contributed by atoms with Gasteiger partial charge in [0.25, 0.3) is 0 Å². The maximum Gasteiger partial charge on any atom is 0.333 e. The van der Waals surface area contributed by atoms with Crippen LogP contribution in [-0.2, 0) is 72.2 Å². The number of nitrogens with zero attached hydrogens (tertiary/aromatic N) is 6. The number of anilines is 3. The molecule has 3 aromatic carbocycles. The Kier molecular flexibility index (Phi) is 26.0. The lowest BCUT2D eigenvalue weighted by Gasteiger charge is -2.27. The molecule has 3 fully saturated rings. The van der Waals surface area contributed by atoms with Gasteiger partial charge >= 0.3 is 30.9 Å². The van der Waals surface area contributed by atoms with Crippen molar-refractivity contribution in [3.8, 4) is 0 Å². The SMILES string of the molecule is Cc1sc(C(=O)c2cncnc2N[C@@H]2C[C@H](COS(N)(=O)=O)[C@@H](O)C2)cc1C1OCCc2ccccc21.NS(=O)(=O)OC[C@H]1C[C@@H](Nc2ncncc2C(=O)c2cc(C3NCCc4ccc(Cl)cc43)c(Cl)s2)C[C@@H]1O.NS(=O)(=O)OC[C@H]1C[C@@H](Nc2ncncc2C(=O)c2cc(C3OCCc4ccccc43)cs2)C[C@@H]1O. The molecule has 13 N–H and O–H groups in total. The number of benzene rings is 3. The molecule has 9 aromatic rings. The predicted molar refractivity (Wildman–Crippen MR) is 416 cm³/mol. The number of aryl methyl sites for hydroxylation is 1. The van der Waals surface area contributed by atoms with Crippen LogP contribution in [0.3, 0.4) is 0 Å². The zero-order valence-corrected chi connectivity index (χ0v) is 65.7. The number of nitrogens with one attached hydrogen (secondary N) is 4. The van der Waals surface area contributed by atoms with E-state index in [1.54, 1.807) is 6.07 Å². The standard InChI is InChI=1S/C25H28N4O6S2.C24H25Cl2N5O5S2.C24H26N4O6S2/c1-14-19(24-18-5-3-2-4-15(18)6-7-34-24)10-22(36-14)23(31)20-11-27-13-28-25(20)29-17-8-16(21(30)9-17)12-35-37(26,32)33;25-14-2-1-12-3-4-29-21(16(12)6-14)17-8-20(37-23(17)26)22(33)18-9-28-11-30-24(18)31-15-5-13(19(32)7-15)10-36-38(27,34)35;25-36(31,32)34-11-15-7-17(9-20(15)29)28-24-19(10-26-13-27-24)22(30)21-8-16(12-35-21)23-18-4-2-1-3-14(18)5-6-33-23/h2-5,10-11,13,16-17,21,24,30H,6-9,12H2,1H3,(H2,26,32,33)(H,27,28,29);1-2,6,8-9,11,13,15,19,21,29,32H,3-5,7,10H2,(H2,27,34,35)(H,28,30,31);1-4,8,10,12-13,15,17,20,23,29H,5-7,9,11H2,(H2,25,31,32)(H,26,27,28)/t16-,17-,21+,24?;13-,15-,19+,21?;15-,17-,20+,23?/m111/s1. The summed E-state index contributed by atoms with van der Waals surface area (Å²) in [5.41, 5.74) is 10.6. The van der Waals surface area contributed by atoms with Gasteiger partial charge in [0.1, 0.15) is 48.6 Å². The van der Waals surface area contributed by atoms with Crippen molar-refractivity contribution in [1.82, 2.24) is 35.2 Å². The quantitative estimate of drug-likeness (QED) is 0.0258. The topological polar surface area (TPSA) is 464 Å². The highest BCUT2D eigenvalue weighted by molar-refractivity contribution is 7.84. The first-order valence-electron chi connectivity index (χ1n) is 35.3. The number of carbonyl (C=O) groups is 3. The van der Waals surface area contributed by atoms with Gasteiger partial charge in [0.2, 0.25) is 17.3 Å². The Morgan fingerprint density at radius 1 is 0.532 bits per heavy atom. The van der Waals surface area contributed by atoms with Crippen LogP contribution >= 0.6 is 57.2 Å². The summed E-state index contributed by atoms with van der Waals surface area (Å²) in [6, 6.07) is 26.8. The van der Waals surface area contributed by atoms with E-state index in [2.05, 4.69) is 88.0 Å². The van der Waals surface area contributed by atoms with Crippen LogP contribution in [0, 0.1) is 24.7 Å². The summed E-state index contributed by atoms with van der Waals surface area (Å²) in [5.74, 6) is -0.963. The van der Waals surface area contributed by atoms with Crippen LogP contribution in [0.2, 0.25) is 9.36 Å². The van der Waals surface area contributed by atoms with Crippen molar-refractivity contribution in [3.05, 3.63) is 224 Å². The van der Waals surface area contributed by atoms with E-state index < -0.39 is 67.0 Å². The number of aliphatic hydroxyl groups is 3. The predicted octanol–water partition coefficient (Wildman–Crippen LogP) is 7.80. The van der Waals surface area contributed by atoms with Crippen LogP contribution in [0.15, 0.2) is 128 Å². The number of thiophene rings is 3. The van der Waals surface area contributed by atoms with E-state index in [0.717, 1.165) is 64.1 Å². The third-order valence-electron chi connectivity index (χ3n) is 20.2. The molecule has 12 atom stereocenters. The molecule has 3 unspecified atom stereocenters. The Hall–Kier alpha value is -7.64. The number of hydrogen-bond donors (Lipinski definition) is 10. The highest BCUT2D eigenvalue weighted by Gasteiger charge is 2.39. The largest absolute Gasteiger partial charge is 0.393 e. The minimum atomic E-state index is -4.11. The number of halogens is 2. The van der Waals surface area contributed by atoms with Crippen molar-refractivity contribution >= 4 is 123 Å². The summed E-state index contributed by atoms with van der Waals surface area (Å²) in [5, 5.41) is 61.4. The molecular weight excluding hydrogens is 1590 g/mol. The monoisotopic (exact) mass is 1670 g/mol. The average molecular weight is 1670 g/mol. The van der Waals surface area contributed by atoms with Crippen molar-refractivity contribution in [1.29, 1.82) is 0 Å². The zero-order valence-electron chi connectivity index (χ0n) is 59.3. The normalized spacial score (nSPS) is 23.5. The van der Waals surface area contributed by atoms with Crippen LogP contribution in [0.25, 0.3) is 0 Å². The third kappa shape index (κ3) is 20.3. The molecule has 3 saturated carbocycles. The van der Waals surface area contributed by atoms with Crippen LogP contribution in [0.1, 0.15) is 157 Å². The van der Waals surface area contributed by atoms with Crippen LogP contribution < -0.4 is 36.7 Å². The van der Waals surface area contributed by atoms with E-state index in [0.29, 0.717) is 104 Å². The molecule has 0 amide bonds.